The largest absolute Gasteiger partial charge is 0.493 e. The van der Waals surface area contributed by atoms with Crippen molar-refractivity contribution in [1.29, 1.82) is 0 Å². The number of nitrogens with two attached hydrogens (primary N) is 1. The van der Waals surface area contributed by atoms with Gasteiger partial charge in [0.15, 0.2) is 0 Å². The lowest BCUT2D eigenvalue weighted by molar-refractivity contribution is -0.136. The minimum absolute atomic E-state index is 0.0367. The van der Waals surface area contributed by atoms with E-state index in [1.54, 1.807) is 12.1 Å². The third-order valence-corrected chi connectivity index (χ3v) is 5.52. The molecule has 0 bridgehead atoms. The van der Waals surface area contributed by atoms with Crippen LogP contribution in [0.2, 0.25) is 0 Å². The molecule has 2 N–H and O–H groups in total. The summed E-state index contributed by atoms with van der Waals surface area (Å²) < 4.78 is 19.0. The molecule has 2 aromatic rings. The van der Waals surface area contributed by atoms with Gasteiger partial charge in [0.2, 0.25) is 11.8 Å². The number of likely N-dealkylation sites (tertiary alicyclic amines) is 1. The summed E-state index contributed by atoms with van der Waals surface area (Å²) >= 11 is 0. The highest BCUT2D eigenvalue weighted by Gasteiger charge is 2.39. The number of hydrogen-bond acceptors (Lipinski definition) is 3. The molecule has 2 aromatic carbocycles. The van der Waals surface area contributed by atoms with E-state index < -0.39 is 11.3 Å². The van der Waals surface area contributed by atoms with Crippen LogP contribution in [0.15, 0.2) is 48.5 Å². The molecule has 1 fully saturated rings. The zero-order valence-corrected chi connectivity index (χ0v) is 16.7. The molecular weight excluding hydrogens is 371 g/mol. The Morgan fingerprint density at radius 3 is 2.59 bits per heavy atom. The van der Waals surface area contributed by atoms with Gasteiger partial charge in [0.1, 0.15) is 11.6 Å². The third-order valence-electron chi connectivity index (χ3n) is 5.52. The highest BCUT2D eigenvalue weighted by Crippen LogP contribution is 2.34. The molecule has 0 radical (unpaired) electrons. The van der Waals surface area contributed by atoms with E-state index in [-0.39, 0.29) is 24.8 Å². The first-order valence-corrected chi connectivity index (χ1v) is 9.86. The van der Waals surface area contributed by atoms with Gasteiger partial charge in [-0.1, -0.05) is 24.3 Å². The van der Waals surface area contributed by atoms with Gasteiger partial charge >= 0.3 is 0 Å². The number of hydrogen-bond donors (Lipinski definition) is 1. The van der Waals surface area contributed by atoms with E-state index in [2.05, 4.69) is 0 Å². The molecule has 5 nitrogen and oxygen atoms in total. The van der Waals surface area contributed by atoms with Crippen molar-refractivity contribution in [3.05, 3.63) is 65.5 Å². The molecule has 1 aliphatic heterocycles. The van der Waals surface area contributed by atoms with Crippen molar-refractivity contribution in [2.24, 2.45) is 11.1 Å². The van der Waals surface area contributed by atoms with E-state index in [1.807, 2.05) is 36.1 Å². The van der Waals surface area contributed by atoms with Crippen molar-refractivity contribution >= 4 is 11.8 Å². The monoisotopic (exact) mass is 398 g/mol. The van der Waals surface area contributed by atoms with Gasteiger partial charge in [-0.3, -0.25) is 9.59 Å². The summed E-state index contributed by atoms with van der Waals surface area (Å²) in [6.45, 7) is 3.31. The number of rotatable bonds is 7. The Labute approximate surface area is 170 Å². The first kappa shape index (κ1) is 20.8. The van der Waals surface area contributed by atoms with Crippen molar-refractivity contribution in [3.8, 4) is 5.75 Å². The number of amides is 2. The number of carbonyl (C=O) groups is 2. The normalized spacial score (nSPS) is 19.0. The zero-order valence-electron chi connectivity index (χ0n) is 16.7. The van der Waals surface area contributed by atoms with Crippen LogP contribution >= 0.6 is 0 Å². The molecule has 0 saturated carbocycles. The Kier molecular flexibility index (Phi) is 6.52. The summed E-state index contributed by atoms with van der Waals surface area (Å²) in [7, 11) is 0. The van der Waals surface area contributed by atoms with E-state index in [9.17, 15) is 14.0 Å². The van der Waals surface area contributed by atoms with Gasteiger partial charge in [0, 0.05) is 24.9 Å². The first-order chi connectivity index (χ1) is 13.9. The average Bonchev–Trinajstić information content (AvgIpc) is 2.69. The number of benzene rings is 2. The first-order valence-electron chi connectivity index (χ1n) is 9.86. The third kappa shape index (κ3) is 5.56. The van der Waals surface area contributed by atoms with Gasteiger partial charge in [-0.15, -0.1) is 0 Å². The molecule has 29 heavy (non-hydrogen) atoms. The van der Waals surface area contributed by atoms with E-state index in [4.69, 9.17) is 10.5 Å². The van der Waals surface area contributed by atoms with E-state index in [1.165, 1.54) is 12.1 Å². The summed E-state index contributed by atoms with van der Waals surface area (Å²) in [5, 5.41) is 0. The summed E-state index contributed by atoms with van der Waals surface area (Å²) in [4.78, 5) is 26.5. The van der Waals surface area contributed by atoms with Crippen LogP contribution in [-0.2, 0) is 16.0 Å². The topological polar surface area (TPSA) is 72.6 Å². The van der Waals surface area contributed by atoms with Crippen molar-refractivity contribution in [2.75, 3.05) is 19.7 Å². The summed E-state index contributed by atoms with van der Waals surface area (Å²) in [5.41, 5.74) is 7.06. The average molecular weight is 398 g/mol. The maximum atomic E-state index is 13.1. The standard InChI is InChI=1S/C23H27FN2O3/c1-17-5-2-3-6-18(17)13-22(28)26-12-4-11-23(15-26,14-21(25)27)16-29-20-9-7-19(24)8-10-20/h2-3,5-10H,4,11-16H2,1H3,(H2,25,27)/t23-/m1/s1. The van der Waals surface area contributed by atoms with E-state index in [0.29, 0.717) is 25.3 Å². The summed E-state index contributed by atoms with van der Waals surface area (Å²) in [6, 6.07) is 13.6. The molecule has 154 valence electrons. The molecule has 0 unspecified atom stereocenters. The van der Waals surface area contributed by atoms with Crippen LogP contribution in [0.1, 0.15) is 30.4 Å². The lowest BCUT2D eigenvalue weighted by atomic mass is 9.77. The maximum Gasteiger partial charge on any atom is 0.227 e. The van der Waals surface area contributed by atoms with Gasteiger partial charge in [-0.05, 0) is 55.2 Å². The molecule has 0 aliphatic carbocycles. The highest BCUT2D eigenvalue weighted by molar-refractivity contribution is 5.79. The molecule has 1 heterocycles. The number of primary amides is 1. The second-order valence-corrected chi connectivity index (χ2v) is 7.91. The second kappa shape index (κ2) is 9.07. The SMILES string of the molecule is Cc1ccccc1CC(=O)N1CCC[C@@](COc2ccc(F)cc2)(CC(N)=O)C1. The number of ether oxygens (including phenoxy) is 1. The molecule has 3 rings (SSSR count). The Morgan fingerprint density at radius 1 is 1.17 bits per heavy atom. The predicted octanol–water partition coefficient (Wildman–Crippen LogP) is 3.24. The fraction of sp³-hybridized carbons (Fsp3) is 0.391. The summed E-state index contributed by atoms with van der Waals surface area (Å²) in [5.74, 6) is -0.191. The van der Waals surface area contributed by atoms with Crippen LogP contribution in [-0.4, -0.2) is 36.4 Å². The van der Waals surface area contributed by atoms with Gasteiger partial charge < -0.3 is 15.4 Å². The summed E-state index contributed by atoms with van der Waals surface area (Å²) in [6.07, 6.45) is 1.99. The lowest BCUT2D eigenvalue weighted by Gasteiger charge is -2.42. The molecule has 2 amide bonds. The van der Waals surface area contributed by atoms with Crippen LogP contribution in [0, 0.1) is 18.2 Å². The Bertz CT molecular complexity index is 869. The van der Waals surface area contributed by atoms with E-state index >= 15 is 0 Å². The van der Waals surface area contributed by atoms with Crippen molar-refractivity contribution < 1.29 is 18.7 Å². The molecule has 1 aliphatic rings. The van der Waals surface area contributed by atoms with Gasteiger partial charge in [-0.25, -0.2) is 4.39 Å². The Morgan fingerprint density at radius 2 is 1.90 bits per heavy atom. The highest BCUT2D eigenvalue weighted by atomic mass is 19.1. The second-order valence-electron chi connectivity index (χ2n) is 7.91. The zero-order chi connectivity index (χ0) is 20.9. The number of carbonyl (C=O) groups excluding carboxylic acids is 2. The molecule has 0 aromatic heterocycles. The van der Waals surface area contributed by atoms with Crippen molar-refractivity contribution in [2.45, 2.75) is 32.6 Å². The fourth-order valence-electron chi connectivity index (χ4n) is 3.95. The maximum absolute atomic E-state index is 13.1. The fourth-order valence-corrected chi connectivity index (χ4v) is 3.95. The van der Waals surface area contributed by atoms with Crippen LogP contribution < -0.4 is 10.5 Å². The van der Waals surface area contributed by atoms with E-state index in [0.717, 1.165) is 24.0 Å². The van der Waals surface area contributed by atoms with Gasteiger partial charge in [-0.2, -0.15) is 0 Å². The van der Waals surface area contributed by atoms with Crippen LogP contribution in [0.25, 0.3) is 0 Å². The lowest BCUT2D eigenvalue weighted by Crippen LogP contribution is -2.50. The Balaban J connectivity index is 1.71. The molecule has 0 spiro atoms. The number of piperidine rings is 1. The number of halogens is 1. The minimum atomic E-state index is -0.542. The van der Waals surface area contributed by atoms with Gasteiger partial charge in [0.05, 0.1) is 13.0 Å². The Hall–Kier alpha value is -2.89. The number of nitrogens with zero attached hydrogens (tertiary/aromatic N) is 1. The molecule has 6 heteroatoms. The molecular formula is C23H27FN2O3. The quantitative estimate of drug-likeness (QED) is 0.778. The molecule has 1 saturated heterocycles. The van der Waals surface area contributed by atoms with Crippen molar-refractivity contribution in [1.82, 2.24) is 4.90 Å². The van der Waals surface area contributed by atoms with Crippen LogP contribution in [0.3, 0.4) is 0 Å². The van der Waals surface area contributed by atoms with Crippen molar-refractivity contribution in [3.63, 3.8) is 0 Å². The smallest absolute Gasteiger partial charge is 0.227 e. The predicted molar refractivity (Wildman–Crippen MR) is 109 cm³/mol. The van der Waals surface area contributed by atoms with Crippen LogP contribution in [0.5, 0.6) is 5.75 Å². The van der Waals surface area contributed by atoms with Crippen LogP contribution in [0.4, 0.5) is 4.39 Å². The number of aryl methyl sites for hydroxylation is 1. The molecule has 1 atom stereocenters. The minimum Gasteiger partial charge on any atom is -0.493 e. The van der Waals surface area contributed by atoms with Gasteiger partial charge in [0.25, 0.3) is 0 Å².